The van der Waals surface area contributed by atoms with E-state index in [4.69, 9.17) is 15.2 Å². The summed E-state index contributed by atoms with van der Waals surface area (Å²) >= 11 is 0. The first kappa shape index (κ1) is 41.9. The van der Waals surface area contributed by atoms with E-state index in [2.05, 4.69) is 30.8 Å². The number of alkyl halides is 4. The van der Waals surface area contributed by atoms with E-state index in [0.29, 0.717) is 33.8 Å². The van der Waals surface area contributed by atoms with Crippen LogP contribution >= 0.6 is 0 Å². The molecule has 4 N–H and O–H groups in total. The number of imidazole rings is 2. The van der Waals surface area contributed by atoms with Gasteiger partial charge in [-0.2, -0.15) is 27.8 Å². The summed E-state index contributed by atoms with van der Waals surface area (Å²) in [5, 5.41) is 13.5. The number of nitrogens with zero attached hydrogens (tertiary/aromatic N) is 8. The van der Waals surface area contributed by atoms with E-state index in [9.17, 15) is 14.4 Å². The highest BCUT2D eigenvalue weighted by Gasteiger charge is 2.57. The molecule has 7 rings (SSSR count). The first-order valence-electron chi connectivity index (χ1n) is 19.0. The molecule has 7 aromatic rings. The molecule has 0 aliphatic carbocycles. The summed E-state index contributed by atoms with van der Waals surface area (Å²) in [5.41, 5.74) is 7.06. The zero-order chi connectivity index (χ0) is 43.8. The van der Waals surface area contributed by atoms with Crippen LogP contribution in [0.4, 0.5) is 29.5 Å². The summed E-state index contributed by atoms with van der Waals surface area (Å²) in [6, 6.07) is 18.0. The van der Waals surface area contributed by atoms with E-state index in [1.54, 1.807) is 58.0 Å². The fraction of sp³-hybridized carbons (Fsp3) is 0.293. The summed E-state index contributed by atoms with van der Waals surface area (Å²) in [6.45, 7) is 3.86. The van der Waals surface area contributed by atoms with E-state index in [1.807, 2.05) is 0 Å². The second-order valence-electron chi connectivity index (χ2n) is 14.2. The number of halogens is 4. The van der Waals surface area contributed by atoms with Gasteiger partial charge < -0.3 is 24.3 Å². The number of benzene rings is 3. The number of ether oxygens (including phenoxy) is 2. The normalized spacial score (nSPS) is 12.0. The lowest BCUT2D eigenvalue weighted by Gasteiger charge is -2.29. The number of carbonyl (C=O) groups excluding carboxylic acids is 3. The molecule has 3 aromatic carbocycles. The van der Waals surface area contributed by atoms with Crippen molar-refractivity contribution in [2.24, 2.45) is 5.73 Å². The molecule has 0 radical (unpaired) electrons. The van der Waals surface area contributed by atoms with Crippen molar-refractivity contribution in [3.05, 3.63) is 107 Å². The minimum Gasteiger partial charge on any atom is -0.497 e. The molecule has 4 aromatic heterocycles. The summed E-state index contributed by atoms with van der Waals surface area (Å²) in [7, 11) is 1.49. The van der Waals surface area contributed by atoms with Gasteiger partial charge in [0, 0.05) is 18.7 Å². The van der Waals surface area contributed by atoms with Crippen LogP contribution < -0.4 is 25.8 Å². The van der Waals surface area contributed by atoms with Gasteiger partial charge in [-0.3, -0.25) is 34.4 Å². The van der Waals surface area contributed by atoms with E-state index < -0.39 is 54.6 Å². The molecule has 0 saturated carbocycles. The zero-order valence-corrected chi connectivity index (χ0v) is 33.7. The number of rotatable bonds is 16. The standard InChI is InChI=1S/C41H41F4N11O5/c1-6-55-31(16-23(3)51-55)36(58)49-38-47-28-10-8-9-11-30(28)53(38)21-40(42,43)41(44,45)22-54-34-29(48-39(54)50-37(59)32-17-24(4)52-56(32)7-2)18-26(35(46)57)19-33(34)61-20-25-12-14-27(60-5)15-13-25/h8-19H,6-7,20-22H2,1-5H3,(H2,46,57)(H,47,49,58)(H,48,50,59). The molecule has 0 unspecified atom stereocenters. The van der Waals surface area contributed by atoms with Crippen molar-refractivity contribution < 1.29 is 41.4 Å². The second-order valence-corrected chi connectivity index (χ2v) is 14.2. The van der Waals surface area contributed by atoms with Gasteiger partial charge in [-0.05, 0) is 81.8 Å². The van der Waals surface area contributed by atoms with Crippen LogP contribution in [0, 0.1) is 13.8 Å². The van der Waals surface area contributed by atoms with Crippen molar-refractivity contribution in [3.8, 4) is 11.5 Å². The molecular formula is C41H41F4N11O5. The number of primary amides is 1. The van der Waals surface area contributed by atoms with Gasteiger partial charge >= 0.3 is 11.8 Å². The first-order chi connectivity index (χ1) is 29.0. The second kappa shape index (κ2) is 16.4. The number of hydrogen-bond acceptors (Lipinski definition) is 9. The maximum atomic E-state index is 16.7. The average Bonchev–Trinajstić information content (AvgIpc) is 3.99. The Morgan fingerprint density at radius 2 is 1.28 bits per heavy atom. The number of nitrogens with one attached hydrogen (secondary N) is 2. The quantitative estimate of drug-likeness (QED) is 0.0901. The molecule has 20 heteroatoms. The number of hydrogen-bond donors (Lipinski definition) is 3. The van der Waals surface area contributed by atoms with Crippen molar-refractivity contribution in [2.75, 3.05) is 17.7 Å². The van der Waals surface area contributed by atoms with Gasteiger partial charge in [0.15, 0.2) is 0 Å². The predicted octanol–water partition coefficient (Wildman–Crippen LogP) is 6.60. The molecule has 0 aliphatic rings. The summed E-state index contributed by atoms with van der Waals surface area (Å²) in [6.07, 6.45) is 0. The van der Waals surface area contributed by atoms with Crippen LogP contribution in [0.3, 0.4) is 0 Å². The van der Waals surface area contributed by atoms with Crippen molar-refractivity contribution in [1.82, 2.24) is 38.7 Å². The highest BCUT2D eigenvalue weighted by Crippen LogP contribution is 2.42. The van der Waals surface area contributed by atoms with Crippen LogP contribution in [0.5, 0.6) is 11.5 Å². The molecule has 4 heterocycles. The number of aryl methyl sites for hydroxylation is 4. The van der Waals surface area contributed by atoms with E-state index in [1.165, 1.54) is 58.9 Å². The number of fused-ring (bicyclic) bond motifs is 2. The lowest BCUT2D eigenvalue weighted by atomic mass is 10.1. The van der Waals surface area contributed by atoms with E-state index in [-0.39, 0.29) is 57.9 Å². The molecule has 0 bridgehead atoms. The molecule has 0 spiro atoms. The number of aromatic nitrogens is 8. The van der Waals surface area contributed by atoms with Crippen molar-refractivity contribution >= 4 is 51.7 Å². The Bertz CT molecular complexity index is 2790. The molecule has 0 saturated heterocycles. The van der Waals surface area contributed by atoms with Gasteiger partial charge in [0.05, 0.1) is 48.1 Å². The number of anilines is 2. The maximum absolute atomic E-state index is 16.7. The zero-order valence-electron chi connectivity index (χ0n) is 33.7. The Hall–Kier alpha value is -7.25. The molecule has 0 atom stereocenters. The largest absolute Gasteiger partial charge is 0.497 e. The number of carbonyl (C=O) groups is 3. The monoisotopic (exact) mass is 843 g/mol. The average molecular weight is 844 g/mol. The lowest BCUT2D eigenvalue weighted by Crippen LogP contribution is -2.47. The molecule has 16 nitrogen and oxygen atoms in total. The smallest absolute Gasteiger partial charge is 0.329 e. The van der Waals surface area contributed by atoms with Gasteiger partial charge in [0.25, 0.3) is 11.8 Å². The first-order valence-corrected chi connectivity index (χ1v) is 19.0. The van der Waals surface area contributed by atoms with Crippen LogP contribution in [0.2, 0.25) is 0 Å². The third-order valence-electron chi connectivity index (χ3n) is 9.87. The van der Waals surface area contributed by atoms with Gasteiger partial charge in [-0.1, -0.05) is 24.3 Å². The molecule has 318 valence electrons. The molecular weight excluding hydrogens is 803 g/mol. The van der Waals surface area contributed by atoms with Crippen LogP contribution in [-0.2, 0) is 32.8 Å². The SMILES string of the molecule is CCn1nc(C)cc1C(=O)Nc1nc2ccccc2n1CC(F)(F)C(F)(F)Cn1c(NC(=O)c2cc(C)nn2CC)nc2cc(C(N)=O)cc(OCc3ccc(OC)cc3)c21. The Balaban J connectivity index is 1.30. The predicted molar refractivity (Wildman–Crippen MR) is 216 cm³/mol. The van der Waals surface area contributed by atoms with Gasteiger partial charge in [-0.25, -0.2) is 9.97 Å². The van der Waals surface area contributed by atoms with Crippen LogP contribution in [0.1, 0.15) is 62.1 Å². The van der Waals surface area contributed by atoms with Crippen molar-refractivity contribution in [1.29, 1.82) is 0 Å². The van der Waals surface area contributed by atoms with Crippen LogP contribution in [0.15, 0.2) is 72.8 Å². The number of nitrogens with two attached hydrogens (primary N) is 1. The summed E-state index contributed by atoms with van der Waals surface area (Å²) in [4.78, 5) is 48.2. The Morgan fingerprint density at radius 3 is 1.84 bits per heavy atom. The third-order valence-corrected chi connectivity index (χ3v) is 9.87. The van der Waals surface area contributed by atoms with Crippen LogP contribution in [0.25, 0.3) is 22.1 Å². The summed E-state index contributed by atoms with van der Waals surface area (Å²) < 4.78 is 82.0. The number of methoxy groups -OCH3 is 1. The van der Waals surface area contributed by atoms with Gasteiger partial charge in [0.1, 0.15) is 35.0 Å². The van der Waals surface area contributed by atoms with Crippen molar-refractivity contribution in [3.63, 3.8) is 0 Å². The topological polar surface area (TPSA) is 191 Å². The number of para-hydroxylation sites is 2. The molecule has 61 heavy (non-hydrogen) atoms. The van der Waals surface area contributed by atoms with Gasteiger partial charge in [-0.15, -0.1) is 0 Å². The molecule has 0 fully saturated rings. The highest BCUT2D eigenvalue weighted by molar-refractivity contribution is 6.04. The summed E-state index contributed by atoms with van der Waals surface area (Å²) in [5.74, 6) is -12.9. The molecule has 3 amide bonds. The lowest BCUT2D eigenvalue weighted by molar-refractivity contribution is -0.220. The minimum absolute atomic E-state index is 0.0446. The van der Waals surface area contributed by atoms with Crippen molar-refractivity contribution in [2.45, 2.75) is 72.3 Å². The van der Waals surface area contributed by atoms with E-state index in [0.717, 1.165) is 4.57 Å². The maximum Gasteiger partial charge on any atom is 0.329 e. The highest BCUT2D eigenvalue weighted by atomic mass is 19.3. The fourth-order valence-corrected chi connectivity index (χ4v) is 6.84. The Kier molecular flexibility index (Phi) is 11.3. The van der Waals surface area contributed by atoms with Crippen LogP contribution in [-0.4, -0.2) is 75.3 Å². The minimum atomic E-state index is -4.90. The fourth-order valence-electron chi connectivity index (χ4n) is 6.84. The Labute approximate surface area is 345 Å². The third kappa shape index (κ3) is 8.32. The molecule has 0 aliphatic heterocycles. The number of amides is 3. The van der Waals surface area contributed by atoms with E-state index >= 15 is 17.6 Å². The van der Waals surface area contributed by atoms with Gasteiger partial charge in [0.2, 0.25) is 17.8 Å². The Morgan fingerprint density at radius 1 is 0.738 bits per heavy atom.